The molecule has 0 aliphatic carbocycles. The summed E-state index contributed by atoms with van der Waals surface area (Å²) in [6, 6.07) is 1.07. The van der Waals surface area contributed by atoms with Crippen LogP contribution in [0.1, 0.15) is 37.3 Å². The van der Waals surface area contributed by atoms with E-state index in [-0.39, 0.29) is 29.4 Å². The van der Waals surface area contributed by atoms with E-state index in [1.165, 1.54) is 12.3 Å². The van der Waals surface area contributed by atoms with Crippen LogP contribution >= 0.6 is 0 Å². The standard InChI is InChI=1S/C11H18N4O3/c1-7(2)14-6-9(15(17)18)4-10(14)11(16)13-8(3)5-12/h4,6-8H,5,12H2,1-3H3,(H,13,16)/t8-/m1/s1. The van der Waals surface area contributed by atoms with Gasteiger partial charge < -0.3 is 15.6 Å². The fourth-order valence-electron chi connectivity index (χ4n) is 1.53. The van der Waals surface area contributed by atoms with Crippen molar-refractivity contribution in [1.29, 1.82) is 0 Å². The fourth-order valence-corrected chi connectivity index (χ4v) is 1.53. The number of nitrogens with one attached hydrogen (secondary N) is 1. The number of aromatic nitrogens is 1. The first-order valence-electron chi connectivity index (χ1n) is 5.74. The average molecular weight is 254 g/mol. The van der Waals surface area contributed by atoms with Crippen LogP contribution in [0, 0.1) is 10.1 Å². The largest absolute Gasteiger partial charge is 0.347 e. The number of carbonyl (C=O) groups is 1. The minimum Gasteiger partial charge on any atom is -0.347 e. The van der Waals surface area contributed by atoms with E-state index >= 15 is 0 Å². The molecule has 0 radical (unpaired) electrons. The quantitative estimate of drug-likeness (QED) is 0.605. The van der Waals surface area contributed by atoms with Gasteiger partial charge in [0.1, 0.15) is 5.69 Å². The lowest BCUT2D eigenvalue weighted by molar-refractivity contribution is -0.384. The van der Waals surface area contributed by atoms with Crippen LogP contribution in [0.5, 0.6) is 0 Å². The van der Waals surface area contributed by atoms with Gasteiger partial charge in [0, 0.05) is 24.7 Å². The number of rotatable bonds is 5. The van der Waals surface area contributed by atoms with Crippen molar-refractivity contribution in [3.8, 4) is 0 Å². The minimum atomic E-state index is -0.512. The summed E-state index contributed by atoms with van der Waals surface area (Å²) >= 11 is 0. The summed E-state index contributed by atoms with van der Waals surface area (Å²) in [5.41, 5.74) is 5.61. The number of carbonyl (C=O) groups excluding carboxylic acids is 1. The SMILES string of the molecule is CC(C)n1cc([N+](=O)[O-])cc1C(=O)N[C@H](C)CN. The van der Waals surface area contributed by atoms with Gasteiger partial charge in [-0.05, 0) is 20.8 Å². The number of hydrogen-bond donors (Lipinski definition) is 2. The van der Waals surface area contributed by atoms with Gasteiger partial charge in [0.2, 0.25) is 0 Å². The molecule has 1 rings (SSSR count). The molecule has 0 saturated heterocycles. The maximum atomic E-state index is 12.0. The lowest BCUT2D eigenvalue weighted by atomic mass is 10.3. The monoisotopic (exact) mass is 254 g/mol. The molecule has 0 bridgehead atoms. The third-order valence-corrected chi connectivity index (χ3v) is 2.56. The lowest BCUT2D eigenvalue weighted by Crippen LogP contribution is -2.38. The molecule has 1 aromatic rings. The average Bonchev–Trinajstić information content (AvgIpc) is 2.73. The number of nitro groups is 1. The van der Waals surface area contributed by atoms with Crippen LogP contribution in [0.3, 0.4) is 0 Å². The van der Waals surface area contributed by atoms with Gasteiger partial charge in [0.05, 0.1) is 11.1 Å². The van der Waals surface area contributed by atoms with Gasteiger partial charge >= 0.3 is 0 Å². The molecular weight excluding hydrogens is 236 g/mol. The second kappa shape index (κ2) is 5.63. The molecule has 1 aromatic heterocycles. The van der Waals surface area contributed by atoms with Crippen molar-refractivity contribution in [3.05, 3.63) is 28.1 Å². The molecule has 1 atom stereocenters. The van der Waals surface area contributed by atoms with Gasteiger partial charge in [0.15, 0.2) is 0 Å². The Morgan fingerprint density at radius 1 is 1.56 bits per heavy atom. The zero-order valence-electron chi connectivity index (χ0n) is 10.7. The minimum absolute atomic E-state index is 0.0346. The predicted molar refractivity (Wildman–Crippen MR) is 67.5 cm³/mol. The molecule has 18 heavy (non-hydrogen) atoms. The van der Waals surface area contributed by atoms with Crippen LogP contribution in [-0.2, 0) is 0 Å². The normalized spacial score (nSPS) is 12.5. The van der Waals surface area contributed by atoms with Crippen molar-refractivity contribution in [3.63, 3.8) is 0 Å². The number of amides is 1. The van der Waals surface area contributed by atoms with Crippen molar-refractivity contribution in [2.45, 2.75) is 32.9 Å². The Bertz CT molecular complexity index is 453. The van der Waals surface area contributed by atoms with Gasteiger partial charge in [-0.25, -0.2) is 0 Å². The maximum Gasteiger partial charge on any atom is 0.287 e. The molecule has 0 fully saturated rings. The van der Waals surface area contributed by atoms with Gasteiger partial charge in [-0.15, -0.1) is 0 Å². The van der Waals surface area contributed by atoms with Gasteiger partial charge in [-0.2, -0.15) is 0 Å². The molecule has 3 N–H and O–H groups in total. The molecule has 100 valence electrons. The van der Waals surface area contributed by atoms with E-state index in [9.17, 15) is 14.9 Å². The van der Waals surface area contributed by atoms with E-state index in [1.807, 2.05) is 13.8 Å². The van der Waals surface area contributed by atoms with E-state index < -0.39 is 4.92 Å². The maximum absolute atomic E-state index is 12.0. The smallest absolute Gasteiger partial charge is 0.287 e. The Hall–Kier alpha value is -1.89. The molecule has 1 amide bonds. The zero-order valence-corrected chi connectivity index (χ0v) is 10.7. The van der Waals surface area contributed by atoms with E-state index in [0.29, 0.717) is 6.54 Å². The number of nitrogens with zero attached hydrogens (tertiary/aromatic N) is 2. The molecule has 7 nitrogen and oxygen atoms in total. The van der Waals surface area contributed by atoms with Crippen LogP contribution in [-0.4, -0.2) is 28.0 Å². The molecule has 0 aliphatic heterocycles. The Morgan fingerprint density at radius 3 is 2.61 bits per heavy atom. The predicted octanol–water partition coefficient (Wildman–Crippen LogP) is 1.05. The van der Waals surface area contributed by atoms with E-state index in [1.54, 1.807) is 11.5 Å². The first-order valence-corrected chi connectivity index (χ1v) is 5.74. The summed E-state index contributed by atoms with van der Waals surface area (Å²) in [5, 5.41) is 13.4. The second-order valence-electron chi connectivity index (χ2n) is 4.45. The first kappa shape index (κ1) is 14.2. The van der Waals surface area contributed by atoms with Crippen LogP contribution in [0.4, 0.5) is 5.69 Å². The summed E-state index contributed by atoms with van der Waals surface area (Å²) in [5.74, 6) is -0.352. The number of hydrogen-bond acceptors (Lipinski definition) is 4. The third-order valence-electron chi connectivity index (χ3n) is 2.56. The van der Waals surface area contributed by atoms with Crippen molar-refractivity contribution in [2.75, 3.05) is 6.54 Å². The Labute approximate surface area is 105 Å². The van der Waals surface area contributed by atoms with Crippen LogP contribution in [0.25, 0.3) is 0 Å². The third kappa shape index (κ3) is 3.07. The highest BCUT2D eigenvalue weighted by molar-refractivity contribution is 5.93. The summed E-state index contributed by atoms with van der Waals surface area (Å²) in [6.07, 6.45) is 1.37. The molecule has 7 heteroatoms. The van der Waals surface area contributed by atoms with Crippen molar-refractivity contribution in [2.24, 2.45) is 5.73 Å². The highest BCUT2D eigenvalue weighted by Gasteiger charge is 2.21. The van der Waals surface area contributed by atoms with Crippen molar-refractivity contribution < 1.29 is 9.72 Å². The highest BCUT2D eigenvalue weighted by atomic mass is 16.6. The van der Waals surface area contributed by atoms with E-state index in [4.69, 9.17) is 5.73 Å². The highest BCUT2D eigenvalue weighted by Crippen LogP contribution is 2.20. The van der Waals surface area contributed by atoms with Crippen LogP contribution < -0.4 is 11.1 Å². The fraction of sp³-hybridized carbons (Fsp3) is 0.545. The topological polar surface area (TPSA) is 103 Å². The zero-order chi connectivity index (χ0) is 13.9. The van der Waals surface area contributed by atoms with Crippen molar-refractivity contribution >= 4 is 11.6 Å². The number of nitrogens with two attached hydrogens (primary N) is 1. The van der Waals surface area contributed by atoms with Gasteiger partial charge in [-0.1, -0.05) is 0 Å². The lowest BCUT2D eigenvalue weighted by Gasteiger charge is -2.14. The van der Waals surface area contributed by atoms with E-state index in [0.717, 1.165) is 0 Å². The molecule has 0 aromatic carbocycles. The molecule has 0 saturated carbocycles. The summed E-state index contributed by atoms with van der Waals surface area (Å²) in [6.45, 7) is 5.80. The van der Waals surface area contributed by atoms with Crippen LogP contribution in [0.2, 0.25) is 0 Å². The summed E-state index contributed by atoms with van der Waals surface area (Å²) < 4.78 is 1.58. The van der Waals surface area contributed by atoms with Crippen LogP contribution in [0.15, 0.2) is 12.3 Å². The van der Waals surface area contributed by atoms with E-state index in [2.05, 4.69) is 5.32 Å². The molecule has 1 heterocycles. The molecule has 0 aliphatic rings. The summed E-state index contributed by atoms with van der Waals surface area (Å²) in [4.78, 5) is 22.2. The van der Waals surface area contributed by atoms with Gasteiger partial charge in [0.25, 0.3) is 11.6 Å². The Morgan fingerprint density at radius 2 is 2.17 bits per heavy atom. The second-order valence-corrected chi connectivity index (χ2v) is 4.45. The van der Waals surface area contributed by atoms with Crippen molar-refractivity contribution in [1.82, 2.24) is 9.88 Å². The van der Waals surface area contributed by atoms with Gasteiger partial charge in [-0.3, -0.25) is 14.9 Å². The Balaban J connectivity index is 3.06. The molecule has 0 spiro atoms. The Kier molecular flexibility index (Phi) is 4.43. The molecule has 0 unspecified atom stereocenters. The first-order chi connectivity index (χ1) is 8.36. The summed E-state index contributed by atoms with van der Waals surface area (Å²) in [7, 11) is 0. The molecular formula is C11H18N4O3.